The van der Waals surface area contributed by atoms with Crippen molar-refractivity contribution in [2.75, 3.05) is 19.9 Å². The van der Waals surface area contributed by atoms with Crippen molar-refractivity contribution in [2.45, 2.75) is 50.7 Å². The second-order valence-corrected chi connectivity index (χ2v) is 8.81. The molecule has 0 aliphatic carbocycles. The average molecular weight is 423 g/mol. The second kappa shape index (κ2) is 9.77. The molecule has 0 unspecified atom stereocenters. The van der Waals surface area contributed by atoms with E-state index in [0.29, 0.717) is 0 Å². The van der Waals surface area contributed by atoms with Crippen LogP contribution in [0.15, 0.2) is 53.7 Å². The maximum atomic E-state index is 5.85. The topological polar surface area (TPSA) is 43.2 Å². The molecule has 4 rings (SSSR count). The zero-order valence-electron chi connectivity index (χ0n) is 18.0. The SMILES string of the molecule is CSc1nnc(CN(C)Cc2cccc(-c3ccccc3C)c2)n1C[C@@H]1CCCO1. The highest BCUT2D eigenvalue weighted by Crippen LogP contribution is 2.25. The van der Waals surface area contributed by atoms with E-state index in [1.807, 2.05) is 0 Å². The van der Waals surface area contributed by atoms with Crippen molar-refractivity contribution in [2.24, 2.45) is 0 Å². The van der Waals surface area contributed by atoms with E-state index >= 15 is 0 Å². The lowest BCUT2D eigenvalue weighted by Gasteiger charge is -2.19. The molecule has 2 aromatic carbocycles. The number of thioether (sulfide) groups is 1. The van der Waals surface area contributed by atoms with Crippen molar-refractivity contribution in [3.05, 3.63) is 65.5 Å². The van der Waals surface area contributed by atoms with Gasteiger partial charge in [-0.25, -0.2) is 0 Å². The van der Waals surface area contributed by atoms with Crippen LogP contribution in [0, 0.1) is 6.92 Å². The van der Waals surface area contributed by atoms with Gasteiger partial charge in [-0.05, 0) is 61.4 Å². The van der Waals surface area contributed by atoms with Crippen molar-refractivity contribution < 1.29 is 4.74 Å². The highest BCUT2D eigenvalue weighted by atomic mass is 32.2. The molecule has 0 N–H and O–H groups in total. The number of hydrogen-bond acceptors (Lipinski definition) is 5. The Bertz CT molecular complexity index is 981. The molecule has 0 saturated carbocycles. The summed E-state index contributed by atoms with van der Waals surface area (Å²) >= 11 is 1.65. The fourth-order valence-corrected chi connectivity index (χ4v) is 4.63. The van der Waals surface area contributed by atoms with Gasteiger partial charge in [0.1, 0.15) is 5.82 Å². The van der Waals surface area contributed by atoms with Gasteiger partial charge in [0.2, 0.25) is 0 Å². The normalized spacial score (nSPS) is 16.5. The summed E-state index contributed by atoms with van der Waals surface area (Å²) in [5.41, 5.74) is 5.16. The lowest BCUT2D eigenvalue weighted by molar-refractivity contribution is 0.0934. The van der Waals surface area contributed by atoms with Crippen LogP contribution in [-0.4, -0.2) is 45.7 Å². The van der Waals surface area contributed by atoms with Crippen LogP contribution in [-0.2, 0) is 24.4 Å². The van der Waals surface area contributed by atoms with E-state index in [9.17, 15) is 0 Å². The highest BCUT2D eigenvalue weighted by molar-refractivity contribution is 7.98. The Morgan fingerprint density at radius 2 is 2.00 bits per heavy atom. The molecule has 1 saturated heterocycles. The van der Waals surface area contributed by atoms with Gasteiger partial charge in [0.15, 0.2) is 5.16 Å². The van der Waals surface area contributed by atoms with E-state index in [-0.39, 0.29) is 6.10 Å². The molecule has 1 aliphatic heterocycles. The van der Waals surface area contributed by atoms with Gasteiger partial charge in [-0.15, -0.1) is 10.2 Å². The van der Waals surface area contributed by atoms with Crippen LogP contribution in [0.5, 0.6) is 0 Å². The quantitative estimate of drug-likeness (QED) is 0.489. The first-order valence-electron chi connectivity index (χ1n) is 10.5. The van der Waals surface area contributed by atoms with E-state index in [1.54, 1.807) is 11.8 Å². The van der Waals surface area contributed by atoms with E-state index in [0.717, 1.165) is 50.1 Å². The van der Waals surface area contributed by atoms with Crippen molar-refractivity contribution in [3.8, 4) is 11.1 Å². The molecule has 0 spiro atoms. The zero-order chi connectivity index (χ0) is 20.9. The lowest BCUT2D eigenvalue weighted by Crippen LogP contribution is -2.23. The standard InChI is InChI=1S/C24H30N4OS/c1-18-8-4-5-12-22(18)20-10-6-9-19(14-20)15-27(2)17-23-25-26-24(30-3)28(23)16-21-11-7-13-29-21/h4-6,8-10,12,14,21H,7,11,13,15-17H2,1-3H3/t21-/m0/s1. The van der Waals surface area contributed by atoms with Crippen LogP contribution < -0.4 is 0 Å². The monoisotopic (exact) mass is 422 g/mol. The summed E-state index contributed by atoms with van der Waals surface area (Å²) < 4.78 is 8.08. The Hall–Kier alpha value is -2.15. The number of ether oxygens (including phenoxy) is 1. The molecule has 6 heteroatoms. The molecule has 0 amide bonds. The molecule has 0 bridgehead atoms. The van der Waals surface area contributed by atoms with Gasteiger partial charge < -0.3 is 9.30 Å². The molecule has 158 valence electrons. The number of hydrogen-bond donors (Lipinski definition) is 0. The lowest BCUT2D eigenvalue weighted by atomic mass is 9.99. The molecule has 1 aromatic heterocycles. The number of nitrogens with zero attached hydrogens (tertiary/aromatic N) is 4. The Balaban J connectivity index is 1.46. The van der Waals surface area contributed by atoms with E-state index in [2.05, 4.69) is 88.4 Å². The van der Waals surface area contributed by atoms with Gasteiger partial charge >= 0.3 is 0 Å². The first-order valence-corrected chi connectivity index (χ1v) is 11.8. The van der Waals surface area contributed by atoms with E-state index in [4.69, 9.17) is 4.74 Å². The summed E-state index contributed by atoms with van der Waals surface area (Å²) in [6.45, 7) is 5.50. The molecule has 3 aromatic rings. The summed E-state index contributed by atoms with van der Waals surface area (Å²) in [6, 6.07) is 17.4. The third kappa shape index (κ3) is 4.94. The minimum atomic E-state index is 0.279. The fraction of sp³-hybridized carbons (Fsp3) is 0.417. The average Bonchev–Trinajstić information content (AvgIpc) is 3.39. The van der Waals surface area contributed by atoms with E-state index < -0.39 is 0 Å². The largest absolute Gasteiger partial charge is 0.376 e. The molecule has 5 nitrogen and oxygen atoms in total. The summed E-state index contributed by atoms with van der Waals surface area (Å²) in [7, 11) is 2.14. The Kier molecular flexibility index (Phi) is 6.87. The van der Waals surface area contributed by atoms with Crippen molar-refractivity contribution in [3.63, 3.8) is 0 Å². The van der Waals surface area contributed by atoms with Gasteiger partial charge in [-0.2, -0.15) is 0 Å². The van der Waals surface area contributed by atoms with Gasteiger partial charge in [0.05, 0.1) is 19.2 Å². The Labute approximate surface area is 183 Å². The van der Waals surface area contributed by atoms with Gasteiger partial charge in [-0.3, -0.25) is 4.90 Å². The van der Waals surface area contributed by atoms with E-state index in [1.165, 1.54) is 22.3 Å². The molecular formula is C24H30N4OS. The molecule has 2 heterocycles. The summed E-state index contributed by atoms with van der Waals surface area (Å²) in [5.74, 6) is 1.01. The third-order valence-corrected chi connectivity index (χ3v) is 6.30. The first-order chi connectivity index (χ1) is 14.6. The number of rotatable bonds is 8. The van der Waals surface area contributed by atoms with Crippen molar-refractivity contribution in [1.29, 1.82) is 0 Å². The molecule has 1 fully saturated rings. The minimum Gasteiger partial charge on any atom is -0.376 e. The van der Waals surface area contributed by atoms with Crippen LogP contribution >= 0.6 is 11.8 Å². The predicted octanol–water partition coefficient (Wildman–Crippen LogP) is 4.79. The van der Waals surface area contributed by atoms with Crippen LogP contribution in [0.3, 0.4) is 0 Å². The molecule has 1 atom stereocenters. The highest BCUT2D eigenvalue weighted by Gasteiger charge is 2.21. The Morgan fingerprint density at radius 1 is 1.13 bits per heavy atom. The fourth-order valence-electron chi connectivity index (χ4n) is 4.11. The molecular weight excluding hydrogens is 392 g/mol. The van der Waals surface area contributed by atoms with Crippen LogP contribution in [0.2, 0.25) is 0 Å². The first kappa shape index (κ1) is 21.1. The van der Waals surface area contributed by atoms with Crippen LogP contribution in [0.1, 0.15) is 29.8 Å². The molecule has 1 aliphatic rings. The van der Waals surface area contributed by atoms with Crippen molar-refractivity contribution in [1.82, 2.24) is 19.7 Å². The Morgan fingerprint density at radius 3 is 2.77 bits per heavy atom. The number of benzene rings is 2. The van der Waals surface area contributed by atoms with Gasteiger partial charge in [0, 0.05) is 13.2 Å². The smallest absolute Gasteiger partial charge is 0.191 e. The molecule has 30 heavy (non-hydrogen) atoms. The number of aryl methyl sites for hydroxylation is 1. The number of aromatic nitrogens is 3. The predicted molar refractivity (Wildman–Crippen MR) is 123 cm³/mol. The summed E-state index contributed by atoms with van der Waals surface area (Å²) in [6.07, 6.45) is 4.60. The maximum absolute atomic E-state index is 5.85. The van der Waals surface area contributed by atoms with Crippen LogP contribution in [0.25, 0.3) is 11.1 Å². The maximum Gasteiger partial charge on any atom is 0.191 e. The summed E-state index contributed by atoms with van der Waals surface area (Å²) in [5, 5.41) is 9.84. The second-order valence-electron chi connectivity index (χ2n) is 8.04. The third-order valence-electron chi connectivity index (χ3n) is 5.63. The minimum absolute atomic E-state index is 0.279. The summed E-state index contributed by atoms with van der Waals surface area (Å²) in [4.78, 5) is 2.30. The molecule has 0 radical (unpaired) electrons. The van der Waals surface area contributed by atoms with Crippen molar-refractivity contribution >= 4 is 11.8 Å². The van der Waals surface area contributed by atoms with Gasteiger partial charge in [-0.1, -0.05) is 54.2 Å². The van der Waals surface area contributed by atoms with Gasteiger partial charge in [0.25, 0.3) is 0 Å². The zero-order valence-corrected chi connectivity index (χ0v) is 18.9. The van der Waals surface area contributed by atoms with Crippen LogP contribution in [0.4, 0.5) is 0 Å².